The Labute approximate surface area is 173 Å². The van der Waals surface area contributed by atoms with E-state index in [4.69, 9.17) is 0 Å². The molecule has 1 aliphatic heterocycles. The molecule has 0 aromatic heterocycles. The lowest BCUT2D eigenvalue weighted by atomic mass is 9.83. The summed E-state index contributed by atoms with van der Waals surface area (Å²) in [6.45, 7) is 3.06. The fourth-order valence-electron chi connectivity index (χ4n) is 3.95. The van der Waals surface area contributed by atoms with Gasteiger partial charge in [0.05, 0.1) is 6.54 Å². The van der Waals surface area contributed by atoms with Gasteiger partial charge in [0.1, 0.15) is 5.60 Å². The van der Waals surface area contributed by atoms with Crippen LogP contribution in [0.15, 0.2) is 84.9 Å². The highest BCUT2D eigenvalue weighted by molar-refractivity contribution is 5.64. The monoisotopic (exact) mass is 381 g/mol. The largest absolute Gasteiger partial charge is 0.379 e. The first-order valence-corrected chi connectivity index (χ1v) is 10.4. The molecular weight excluding hydrogens is 354 g/mol. The Kier molecular flexibility index (Phi) is 6.10. The number of rotatable bonds is 5. The first-order chi connectivity index (χ1) is 14.3. The molecule has 146 valence electrons. The van der Waals surface area contributed by atoms with Crippen LogP contribution in [-0.2, 0) is 5.60 Å². The number of benzene rings is 3. The lowest BCUT2D eigenvalue weighted by molar-refractivity contribution is 0.0865. The molecule has 0 amide bonds. The summed E-state index contributed by atoms with van der Waals surface area (Å²) in [6, 6.07) is 28.4. The van der Waals surface area contributed by atoms with E-state index in [0.717, 1.165) is 36.3 Å². The van der Waals surface area contributed by atoms with Gasteiger partial charge in [-0.05, 0) is 48.2 Å². The van der Waals surface area contributed by atoms with Crippen LogP contribution < -0.4 is 0 Å². The Morgan fingerprint density at radius 3 is 1.90 bits per heavy atom. The fraction of sp³-hybridized carbons (Fsp3) is 0.259. The standard InChI is InChI=1S/C27H27NO/c29-27(25-13-5-2-6-14-25,19-7-8-20-28-21-9-10-22-28)26-17-15-24(16-18-26)23-11-3-1-4-12-23/h1-6,11-18,29H,9-10,19-22H2. The normalized spacial score (nSPS) is 16.0. The predicted octanol–water partition coefficient (Wildman–Crippen LogP) is 5.08. The minimum Gasteiger partial charge on any atom is -0.379 e. The van der Waals surface area contributed by atoms with Crippen molar-refractivity contribution in [1.29, 1.82) is 0 Å². The Bertz CT molecular complexity index is 964. The van der Waals surface area contributed by atoms with Crippen LogP contribution in [0.1, 0.15) is 30.4 Å². The molecule has 1 heterocycles. The Hall–Kier alpha value is -2.86. The number of hydrogen-bond acceptors (Lipinski definition) is 2. The number of aliphatic hydroxyl groups is 1. The number of nitrogens with zero attached hydrogens (tertiary/aromatic N) is 1. The highest BCUT2D eigenvalue weighted by Gasteiger charge is 2.30. The Balaban J connectivity index is 1.59. The second kappa shape index (κ2) is 9.09. The van der Waals surface area contributed by atoms with Crippen molar-refractivity contribution in [1.82, 2.24) is 4.90 Å². The van der Waals surface area contributed by atoms with Gasteiger partial charge >= 0.3 is 0 Å². The molecule has 2 nitrogen and oxygen atoms in total. The van der Waals surface area contributed by atoms with Crippen LogP contribution in [0.25, 0.3) is 11.1 Å². The lowest BCUT2D eigenvalue weighted by Crippen LogP contribution is -2.27. The smallest absolute Gasteiger partial charge is 0.125 e. The van der Waals surface area contributed by atoms with Crippen LogP contribution in [-0.4, -0.2) is 29.6 Å². The minimum atomic E-state index is -1.12. The van der Waals surface area contributed by atoms with Crippen LogP contribution in [0.3, 0.4) is 0 Å². The summed E-state index contributed by atoms with van der Waals surface area (Å²) in [5.74, 6) is 6.53. The van der Waals surface area contributed by atoms with Crippen molar-refractivity contribution < 1.29 is 5.11 Å². The molecule has 0 aliphatic carbocycles. The molecule has 1 atom stereocenters. The average molecular weight is 382 g/mol. The van der Waals surface area contributed by atoms with E-state index >= 15 is 0 Å². The molecule has 2 heteroatoms. The zero-order chi connectivity index (χ0) is 19.9. The number of likely N-dealkylation sites (tertiary alicyclic amines) is 1. The van der Waals surface area contributed by atoms with Crippen molar-refractivity contribution in [3.63, 3.8) is 0 Å². The average Bonchev–Trinajstić information content (AvgIpc) is 3.31. The van der Waals surface area contributed by atoms with Gasteiger partial charge in [-0.2, -0.15) is 0 Å². The van der Waals surface area contributed by atoms with E-state index in [9.17, 15) is 5.11 Å². The first-order valence-electron chi connectivity index (χ1n) is 10.4. The molecule has 0 spiro atoms. The van der Waals surface area contributed by atoms with Gasteiger partial charge in [-0.1, -0.05) is 96.8 Å². The van der Waals surface area contributed by atoms with Crippen molar-refractivity contribution in [2.75, 3.05) is 19.6 Å². The quantitative estimate of drug-likeness (QED) is 0.623. The summed E-state index contributed by atoms with van der Waals surface area (Å²) in [7, 11) is 0. The lowest BCUT2D eigenvalue weighted by Gasteiger charge is -2.27. The van der Waals surface area contributed by atoms with E-state index in [1.807, 2.05) is 60.7 Å². The van der Waals surface area contributed by atoms with Crippen LogP contribution in [0, 0.1) is 11.8 Å². The van der Waals surface area contributed by atoms with Crippen molar-refractivity contribution in [2.24, 2.45) is 0 Å². The maximum absolute atomic E-state index is 11.7. The molecule has 1 N–H and O–H groups in total. The summed E-state index contributed by atoms with van der Waals surface area (Å²) in [4.78, 5) is 2.38. The molecule has 0 radical (unpaired) electrons. The fourth-order valence-corrected chi connectivity index (χ4v) is 3.95. The maximum Gasteiger partial charge on any atom is 0.125 e. The Morgan fingerprint density at radius 2 is 1.24 bits per heavy atom. The van der Waals surface area contributed by atoms with Gasteiger partial charge in [0.2, 0.25) is 0 Å². The molecule has 1 fully saturated rings. The topological polar surface area (TPSA) is 23.5 Å². The van der Waals surface area contributed by atoms with Crippen molar-refractivity contribution in [3.05, 3.63) is 96.1 Å². The van der Waals surface area contributed by atoms with Crippen LogP contribution in [0.4, 0.5) is 0 Å². The van der Waals surface area contributed by atoms with Crippen molar-refractivity contribution in [3.8, 4) is 23.0 Å². The second-order valence-corrected chi connectivity index (χ2v) is 7.68. The third kappa shape index (κ3) is 4.59. The van der Waals surface area contributed by atoms with E-state index < -0.39 is 5.60 Å². The minimum absolute atomic E-state index is 0.384. The molecule has 29 heavy (non-hydrogen) atoms. The van der Waals surface area contributed by atoms with E-state index in [2.05, 4.69) is 41.0 Å². The highest BCUT2D eigenvalue weighted by Crippen LogP contribution is 2.34. The molecule has 4 rings (SSSR count). The molecular formula is C27H27NO. The zero-order valence-corrected chi connectivity index (χ0v) is 16.7. The summed E-state index contributed by atoms with van der Waals surface area (Å²) in [5, 5.41) is 11.7. The summed E-state index contributed by atoms with van der Waals surface area (Å²) in [5.41, 5.74) is 2.95. The van der Waals surface area contributed by atoms with Gasteiger partial charge < -0.3 is 5.11 Å². The van der Waals surface area contributed by atoms with Gasteiger partial charge in [-0.3, -0.25) is 4.90 Å². The first kappa shape index (κ1) is 19.5. The highest BCUT2D eigenvalue weighted by atomic mass is 16.3. The van der Waals surface area contributed by atoms with Gasteiger partial charge in [-0.25, -0.2) is 0 Å². The molecule has 3 aromatic rings. The summed E-state index contributed by atoms with van der Waals surface area (Å²) >= 11 is 0. The molecule has 1 saturated heterocycles. The van der Waals surface area contributed by atoms with Crippen molar-refractivity contribution in [2.45, 2.75) is 24.9 Å². The van der Waals surface area contributed by atoms with Crippen LogP contribution in [0.5, 0.6) is 0 Å². The molecule has 0 bridgehead atoms. The van der Waals surface area contributed by atoms with Gasteiger partial charge in [0, 0.05) is 6.42 Å². The summed E-state index contributed by atoms with van der Waals surface area (Å²) in [6.07, 6.45) is 2.92. The van der Waals surface area contributed by atoms with E-state index in [1.165, 1.54) is 18.4 Å². The van der Waals surface area contributed by atoms with Crippen molar-refractivity contribution >= 4 is 0 Å². The molecule has 0 saturated carbocycles. The molecule has 1 unspecified atom stereocenters. The number of hydrogen-bond donors (Lipinski definition) is 1. The van der Waals surface area contributed by atoms with Gasteiger partial charge in [0.25, 0.3) is 0 Å². The van der Waals surface area contributed by atoms with E-state index in [1.54, 1.807) is 0 Å². The van der Waals surface area contributed by atoms with E-state index in [-0.39, 0.29) is 0 Å². The third-order valence-electron chi connectivity index (χ3n) is 5.69. The molecule has 3 aromatic carbocycles. The van der Waals surface area contributed by atoms with Gasteiger partial charge in [0.15, 0.2) is 0 Å². The Morgan fingerprint density at radius 1 is 0.690 bits per heavy atom. The maximum atomic E-state index is 11.7. The van der Waals surface area contributed by atoms with E-state index in [0.29, 0.717) is 6.42 Å². The van der Waals surface area contributed by atoms with Crippen LogP contribution in [0.2, 0.25) is 0 Å². The van der Waals surface area contributed by atoms with Crippen LogP contribution >= 0.6 is 0 Å². The summed E-state index contributed by atoms with van der Waals surface area (Å²) < 4.78 is 0. The predicted molar refractivity (Wildman–Crippen MR) is 119 cm³/mol. The second-order valence-electron chi connectivity index (χ2n) is 7.68. The molecule has 1 aliphatic rings. The van der Waals surface area contributed by atoms with Gasteiger partial charge in [-0.15, -0.1) is 0 Å². The SMILES string of the molecule is OC(CC#CCN1CCCC1)(c1ccccc1)c1ccc(-c2ccccc2)cc1. The third-order valence-corrected chi connectivity index (χ3v) is 5.69. The zero-order valence-electron chi connectivity index (χ0n) is 16.7.